The van der Waals surface area contributed by atoms with Crippen LogP contribution in [0.15, 0.2) is 10.7 Å². The molecular weight excluding hydrogens is 361 g/mol. The number of hydrogen-bond acceptors (Lipinski definition) is 3. The highest BCUT2D eigenvalue weighted by molar-refractivity contribution is 9.10. The first-order valence-electron chi connectivity index (χ1n) is 4.66. The molecule has 0 N–H and O–H groups in total. The molecule has 1 unspecified atom stereocenters. The molecule has 1 amide bonds. The van der Waals surface area contributed by atoms with Crippen molar-refractivity contribution in [3.8, 4) is 0 Å². The van der Waals surface area contributed by atoms with Gasteiger partial charge in [-0.2, -0.15) is 4.98 Å². The first-order valence-corrected chi connectivity index (χ1v) is 6.95. The second-order valence-corrected chi connectivity index (χ2v) is 5.38. The Hall–Kier alpha value is -0.200. The van der Waals surface area contributed by atoms with Crippen LogP contribution in [-0.2, 0) is 4.79 Å². The lowest BCUT2D eigenvalue weighted by Gasteiger charge is -2.16. The van der Waals surface area contributed by atoms with Gasteiger partial charge < -0.3 is 0 Å². The van der Waals surface area contributed by atoms with E-state index in [1.165, 1.54) is 0 Å². The monoisotopic (exact) mass is 367 g/mol. The van der Waals surface area contributed by atoms with Crippen molar-refractivity contribution in [1.82, 2.24) is 9.97 Å². The fraction of sp³-hybridized carbons (Fsp3) is 0.444. The molecular formula is C9H8Br2ClN3O. The van der Waals surface area contributed by atoms with Crippen LogP contribution < -0.4 is 4.90 Å². The number of amides is 1. The summed E-state index contributed by atoms with van der Waals surface area (Å²) in [4.78, 5) is 21.3. The van der Waals surface area contributed by atoms with Gasteiger partial charge in [-0.1, -0.05) is 15.9 Å². The lowest BCUT2D eigenvalue weighted by atomic mass is 10.2. The van der Waals surface area contributed by atoms with E-state index in [0.29, 0.717) is 29.2 Å². The summed E-state index contributed by atoms with van der Waals surface area (Å²) < 4.78 is 0.681. The van der Waals surface area contributed by atoms with E-state index in [-0.39, 0.29) is 11.2 Å². The smallest absolute Gasteiger partial charge is 0.228 e. The topological polar surface area (TPSA) is 46.1 Å². The number of anilines is 1. The molecule has 1 saturated heterocycles. The molecule has 0 radical (unpaired) electrons. The van der Waals surface area contributed by atoms with E-state index in [9.17, 15) is 4.79 Å². The molecule has 4 nitrogen and oxygen atoms in total. The highest BCUT2D eigenvalue weighted by Gasteiger charge is 2.31. The molecule has 2 heterocycles. The predicted octanol–water partition coefficient (Wildman–Crippen LogP) is 2.64. The van der Waals surface area contributed by atoms with Crippen LogP contribution in [0.1, 0.15) is 6.42 Å². The number of hydrogen-bond donors (Lipinski definition) is 0. The Kier molecular flexibility index (Phi) is 3.81. The Morgan fingerprint density at radius 1 is 1.62 bits per heavy atom. The number of rotatable bonds is 2. The standard InChI is InChI=1S/C9H8Br2ClN3O/c10-2-5-1-7(16)15(4-5)8-6(11)3-13-9(12)14-8/h3,5H,1-2,4H2. The number of halogens is 3. The van der Waals surface area contributed by atoms with E-state index in [1.54, 1.807) is 11.1 Å². The van der Waals surface area contributed by atoms with Crippen molar-refractivity contribution in [1.29, 1.82) is 0 Å². The maximum atomic E-state index is 11.8. The van der Waals surface area contributed by atoms with Gasteiger partial charge in [0.15, 0.2) is 5.82 Å². The molecule has 16 heavy (non-hydrogen) atoms. The Morgan fingerprint density at radius 3 is 3.00 bits per heavy atom. The van der Waals surface area contributed by atoms with Gasteiger partial charge in [-0.05, 0) is 33.4 Å². The number of alkyl halides is 1. The zero-order chi connectivity index (χ0) is 11.7. The summed E-state index contributed by atoms with van der Waals surface area (Å²) in [5, 5.41) is 0.958. The van der Waals surface area contributed by atoms with Crippen molar-refractivity contribution in [3.63, 3.8) is 0 Å². The van der Waals surface area contributed by atoms with Crippen LogP contribution in [0.25, 0.3) is 0 Å². The minimum Gasteiger partial charge on any atom is -0.295 e. The van der Waals surface area contributed by atoms with Crippen LogP contribution in [0.5, 0.6) is 0 Å². The van der Waals surface area contributed by atoms with E-state index >= 15 is 0 Å². The van der Waals surface area contributed by atoms with E-state index in [1.807, 2.05) is 0 Å². The van der Waals surface area contributed by atoms with Crippen molar-refractivity contribution >= 4 is 55.2 Å². The summed E-state index contributed by atoms with van der Waals surface area (Å²) in [6, 6.07) is 0. The third-order valence-corrected chi connectivity index (χ3v) is 4.03. The van der Waals surface area contributed by atoms with Gasteiger partial charge in [0, 0.05) is 24.5 Å². The zero-order valence-electron chi connectivity index (χ0n) is 8.16. The van der Waals surface area contributed by atoms with Crippen LogP contribution in [0.2, 0.25) is 5.28 Å². The normalized spacial score (nSPS) is 20.6. The van der Waals surface area contributed by atoms with Gasteiger partial charge in [-0.25, -0.2) is 4.98 Å². The summed E-state index contributed by atoms with van der Waals surface area (Å²) in [5.74, 6) is 0.946. The van der Waals surface area contributed by atoms with Crippen LogP contribution in [0.4, 0.5) is 5.82 Å². The first-order chi connectivity index (χ1) is 7.61. The molecule has 7 heteroatoms. The molecule has 1 aliphatic rings. The van der Waals surface area contributed by atoms with Gasteiger partial charge in [-0.3, -0.25) is 9.69 Å². The van der Waals surface area contributed by atoms with Gasteiger partial charge in [0.25, 0.3) is 0 Å². The van der Waals surface area contributed by atoms with Crippen LogP contribution in [0, 0.1) is 5.92 Å². The lowest BCUT2D eigenvalue weighted by molar-refractivity contribution is -0.117. The van der Waals surface area contributed by atoms with E-state index in [0.717, 1.165) is 5.33 Å². The molecule has 0 bridgehead atoms. The number of aromatic nitrogens is 2. The number of nitrogens with zero attached hydrogens (tertiary/aromatic N) is 3. The molecule has 0 saturated carbocycles. The molecule has 2 rings (SSSR count). The van der Waals surface area contributed by atoms with Crippen molar-refractivity contribution in [2.45, 2.75) is 6.42 Å². The summed E-state index contributed by atoms with van der Waals surface area (Å²) in [6.07, 6.45) is 2.10. The minimum atomic E-state index is 0.0694. The van der Waals surface area contributed by atoms with Gasteiger partial charge in [-0.15, -0.1) is 0 Å². The Morgan fingerprint density at radius 2 is 2.38 bits per heavy atom. The van der Waals surface area contributed by atoms with Crippen molar-refractivity contribution in [2.24, 2.45) is 5.92 Å². The third-order valence-electron chi connectivity index (χ3n) is 2.38. The highest BCUT2D eigenvalue weighted by Crippen LogP contribution is 2.30. The zero-order valence-corrected chi connectivity index (χ0v) is 12.1. The van der Waals surface area contributed by atoms with E-state index in [2.05, 4.69) is 41.8 Å². The molecule has 0 aromatic carbocycles. The average molecular weight is 369 g/mol. The summed E-state index contributed by atoms with van der Waals surface area (Å²) in [7, 11) is 0. The molecule has 1 aromatic heterocycles. The van der Waals surface area contributed by atoms with Gasteiger partial charge in [0.05, 0.1) is 4.47 Å². The molecule has 0 spiro atoms. The largest absolute Gasteiger partial charge is 0.295 e. The van der Waals surface area contributed by atoms with Crippen LogP contribution in [0.3, 0.4) is 0 Å². The Bertz CT molecular complexity index is 429. The van der Waals surface area contributed by atoms with Gasteiger partial charge >= 0.3 is 0 Å². The minimum absolute atomic E-state index is 0.0694. The van der Waals surface area contributed by atoms with E-state index < -0.39 is 0 Å². The molecule has 1 fully saturated rings. The highest BCUT2D eigenvalue weighted by atomic mass is 79.9. The maximum absolute atomic E-state index is 11.8. The van der Waals surface area contributed by atoms with Crippen molar-refractivity contribution < 1.29 is 4.79 Å². The van der Waals surface area contributed by atoms with Gasteiger partial charge in [0.1, 0.15) is 0 Å². The summed E-state index contributed by atoms with van der Waals surface area (Å²) in [5.41, 5.74) is 0. The lowest BCUT2D eigenvalue weighted by Crippen LogP contribution is -2.26. The second kappa shape index (κ2) is 4.98. The summed E-state index contributed by atoms with van der Waals surface area (Å²) in [6.45, 7) is 0.663. The molecule has 0 aliphatic carbocycles. The Balaban J connectivity index is 2.30. The first kappa shape index (κ1) is 12.3. The predicted molar refractivity (Wildman–Crippen MR) is 69.0 cm³/mol. The van der Waals surface area contributed by atoms with Gasteiger partial charge in [0.2, 0.25) is 11.2 Å². The number of carbonyl (C=O) groups excluding carboxylic acids is 1. The average Bonchev–Trinajstić information content (AvgIpc) is 2.63. The Labute approximate surface area is 115 Å². The van der Waals surface area contributed by atoms with E-state index in [4.69, 9.17) is 11.6 Å². The molecule has 86 valence electrons. The van der Waals surface area contributed by atoms with Crippen LogP contribution in [-0.4, -0.2) is 27.7 Å². The summed E-state index contributed by atoms with van der Waals surface area (Å²) >= 11 is 12.4. The van der Waals surface area contributed by atoms with Crippen molar-refractivity contribution in [2.75, 3.05) is 16.8 Å². The third kappa shape index (κ3) is 2.38. The number of carbonyl (C=O) groups is 1. The maximum Gasteiger partial charge on any atom is 0.228 e. The molecule has 1 atom stereocenters. The molecule has 1 aromatic rings. The SMILES string of the molecule is O=C1CC(CBr)CN1c1nc(Cl)ncc1Br. The fourth-order valence-electron chi connectivity index (χ4n) is 1.62. The molecule has 1 aliphatic heterocycles. The van der Waals surface area contributed by atoms with Crippen LogP contribution >= 0.6 is 43.5 Å². The fourth-order valence-corrected chi connectivity index (χ4v) is 2.58. The van der Waals surface area contributed by atoms with Crippen molar-refractivity contribution in [3.05, 3.63) is 16.0 Å². The second-order valence-electron chi connectivity index (χ2n) is 3.54. The quantitative estimate of drug-likeness (QED) is 0.595.